The predicted molar refractivity (Wildman–Crippen MR) is 87.5 cm³/mol. The third kappa shape index (κ3) is 5.00. The molecule has 5 heteroatoms. The first-order valence-corrected chi connectivity index (χ1v) is 9.67. The number of sulfone groups is 1. The van der Waals surface area contributed by atoms with E-state index in [9.17, 15) is 8.42 Å². The van der Waals surface area contributed by atoms with Gasteiger partial charge in [0.2, 0.25) is 0 Å². The minimum Gasteiger partial charge on any atom is -0.382 e. The van der Waals surface area contributed by atoms with Crippen molar-refractivity contribution in [3.63, 3.8) is 0 Å². The molecule has 0 radical (unpaired) electrons. The van der Waals surface area contributed by atoms with Gasteiger partial charge in [-0.3, -0.25) is 0 Å². The third-order valence-electron chi connectivity index (χ3n) is 3.99. The lowest BCUT2D eigenvalue weighted by molar-refractivity contribution is 0.285. The largest absolute Gasteiger partial charge is 0.382 e. The highest BCUT2D eigenvalue weighted by Gasteiger charge is 2.16. The van der Waals surface area contributed by atoms with Crippen molar-refractivity contribution < 1.29 is 8.42 Å². The Bertz CT molecular complexity index is 557. The molecule has 0 amide bonds. The summed E-state index contributed by atoms with van der Waals surface area (Å²) in [7, 11) is -3.14. The molecule has 1 aliphatic rings. The zero-order chi connectivity index (χ0) is 15.3. The number of benzene rings is 1. The molecule has 1 fully saturated rings. The lowest BCUT2D eigenvalue weighted by Gasteiger charge is -2.20. The molecule has 1 aromatic carbocycles. The lowest BCUT2D eigenvalue weighted by Crippen LogP contribution is -2.27. The fourth-order valence-corrected chi connectivity index (χ4v) is 3.56. The molecule has 1 atom stereocenters. The molecule has 1 unspecified atom stereocenters. The Hall–Kier alpha value is -1.07. The van der Waals surface area contributed by atoms with Gasteiger partial charge in [-0.15, -0.1) is 0 Å². The Morgan fingerprint density at radius 1 is 1.29 bits per heavy atom. The number of rotatable bonds is 5. The average Bonchev–Trinajstić information content (AvgIpc) is 2.64. The molecular weight excluding hydrogens is 284 g/mol. The van der Waals surface area contributed by atoms with E-state index < -0.39 is 9.84 Å². The van der Waals surface area contributed by atoms with Gasteiger partial charge in [0.15, 0.2) is 9.84 Å². The van der Waals surface area contributed by atoms with Crippen molar-refractivity contribution in [3.8, 4) is 0 Å². The van der Waals surface area contributed by atoms with Crippen LogP contribution in [0.5, 0.6) is 0 Å². The van der Waals surface area contributed by atoms with Gasteiger partial charge in [-0.2, -0.15) is 0 Å². The highest BCUT2D eigenvalue weighted by molar-refractivity contribution is 7.90. The van der Waals surface area contributed by atoms with Gasteiger partial charge in [-0.1, -0.05) is 13.0 Å². The molecule has 0 spiro atoms. The predicted octanol–water partition coefficient (Wildman–Crippen LogP) is 2.77. The van der Waals surface area contributed by atoms with Crippen LogP contribution in [0.2, 0.25) is 0 Å². The van der Waals surface area contributed by atoms with E-state index >= 15 is 0 Å². The number of nitrogens with one attached hydrogen (secondary N) is 1. The molecule has 0 aromatic heterocycles. The number of hydrogen-bond acceptors (Lipinski definition) is 4. The van der Waals surface area contributed by atoms with Gasteiger partial charge in [0.05, 0.1) is 4.90 Å². The molecule has 0 saturated carbocycles. The molecule has 1 aromatic rings. The molecule has 1 heterocycles. The molecule has 4 nitrogen and oxygen atoms in total. The van der Waals surface area contributed by atoms with Crippen LogP contribution in [-0.4, -0.2) is 45.2 Å². The van der Waals surface area contributed by atoms with Crippen molar-refractivity contribution in [1.29, 1.82) is 0 Å². The van der Waals surface area contributed by atoms with Crippen molar-refractivity contribution in [2.45, 2.75) is 43.5 Å². The highest BCUT2D eigenvalue weighted by Crippen LogP contribution is 2.20. The molecule has 1 N–H and O–H groups in total. The zero-order valence-corrected chi connectivity index (χ0v) is 13.8. The van der Waals surface area contributed by atoms with Gasteiger partial charge >= 0.3 is 0 Å². The van der Waals surface area contributed by atoms with Crippen molar-refractivity contribution >= 4 is 15.5 Å². The van der Waals surface area contributed by atoms with Crippen LogP contribution in [-0.2, 0) is 9.84 Å². The van der Waals surface area contributed by atoms with Gasteiger partial charge in [-0.05, 0) is 57.0 Å². The Morgan fingerprint density at radius 3 is 2.81 bits per heavy atom. The van der Waals surface area contributed by atoms with Crippen molar-refractivity contribution in [2.24, 2.45) is 0 Å². The Kier molecular flexibility index (Phi) is 5.65. The fourth-order valence-electron chi connectivity index (χ4n) is 2.89. The summed E-state index contributed by atoms with van der Waals surface area (Å²) in [4.78, 5) is 2.91. The van der Waals surface area contributed by atoms with Crippen molar-refractivity contribution in [1.82, 2.24) is 4.90 Å². The van der Waals surface area contributed by atoms with E-state index in [0.717, 1.165) is 25.1 Å². The van der Waals surface area contributed by atoms with Crippen molar-refractivity contribution in [3.05, 3.63) is 24.3 Å². The second kappa shape index (κ2) is 7.27. The Balaban J connectivity index is 1.99. The molecule has 21 heavy (non-hydrogen) atoms. The van der Waals surface area contributed by atoms with E-state index in [0.29, 0.717) is 10.9 Å². The average molecular weight is 310 g/mol. The van der Waals surface area contributed by atoms with Crippen LogP contribution in [0.3, 0.4) is 0 Å². The van der Waals surface area contributed by atoms with E-state index in [1.54, 1.807) is 18.2 Å². The lowest BCUT2D eigenvalue weighted by atomic mass is 10.1. The molecular formula is C16H26N2O2S. The van der Waals surface area contributed by atoms with E-state index in [1.807, 2.05) is 6.07 Å². The van der Waals surface area contributed by atoms with Crippen LogP contribution >= 0.6 is 0 Å². The molecule has 2 rings (SSSR count). The summed E-state index contributed by atoms with van der Waals surface area (Å²) in [6.07, 6.45) is 5.91. The van der Waals surface area contributed by atoms with Gasteiger partial charge in [0, 0.05) is 24.5 Å². The summed E-state index contributed by atoms with van der Waals surface area (Å²) in [6.45, 7) is 5.69. The monoisotopic (exact) mass is 310 g/mol. The maximum Gasteiger partial charge on any atom is 0.175 e. The number of anilines is 1. The maximum absolute atomic E-state index is 11.6. The van der Waals surface area contributed by atoms with Crippen LogP contribution in [0.1, 0.15) is 32.6 Å². The normalized spacial score (nSPS) is 21.0. The zero-order valence-electron chi connectivity index (χ0n) is 13.0. The number of hydrogen-bond donors (Lipinski definition) is 1. The Labute approximate surface area is 128 Å². The minimum atomic E-state index is -3.14. The van der Waals surface area contributed by atoms with Gasteiger partial charge < -0.3 is 10.2 Å². The Morgan fingerprint density at radius 2 is 2.10 bits per heavy atom. The molecule has 1 aliphatic heterocycles. The first-order chi connectivity index (χ1) is 9.99. The topological polar surface area (TPSA) is 49.4 Å². The standard InChI is InChI=1S/C16H26N2O2S/c1-3-10-18-11-5-7-14(9-12-18)17-15-6-4-8-16(13-15)21(2,19)20/h4,6,8,13-14,17H,3,5,7,9-12H2,1-2H3. The van der Waals surface area contributed by atoms with Gasteiger partial charge in [0.1, 0.15) is 0 Å². The highest BCUT2D eigenvalue weighted by atomic mass is 32.2. The molecule has 1 saturated heterocycles. The van der Waals surface area contributed by atoms with Gasteiger partial charge in [-0.25, -0.2) is 8.42 Å². The number of nitrogens with zero attached hydrogens (tertiary/aromatic N) is 1. The van der Waals surface area contributed by atoms with Crippen LogP contribution < -0.4 is 5.32 Å². The number of likely N-dealkylation sites (tertiary alicyclic amines) is 1. The van der Waals surface area contributed by atoms with Crippen LogP contribution in [0.15, 0.2) is 29.2 Å². The van der Waals surface area contributed by atoms with E-state index in [2.05, 4.69) is 17.1 Å². The summed E-state index contributed by atoms with van der Waals surface area (Å²) >= 11 is 0. The quantitative estimate of drug-likeness (QED) is 0.908. The molecule has 0 bridgehead atoms. The summed E-state index contributed by atoms with van der Waals surface area (Å²) < 4.78 is 23.2. The van der Waals surface area contributed by atoms with E-state index in [-0.39, 0.29) is 0 Å². The van der Waals surface area contributed by atoms with Crippen LogP contribution in [0.25, 0.3) is 0 Å². The third-order valence-corrected chi connectivity index (χ3v) is 5.10. The second-order valence-electron chi connectivity index (χ2n) is 5.91. The van der Waals surface area contributed by atoms with E-state index in [4.69, 9.17) is 0 Å². The smallest absolute Gasteiger partial charge is 0.175 e. The summed E-state index contributed by atoms with van der Waals surface area (Å²) in [5.41, 5.74) is 0.909. The van der Waals surface area contributed by atoms with Crippen LogP contribution in [0.4, 0.5) is 5.69 Å². The fraction of sp³-hybridized carbons (Fsp3) is 0.625. The van der Waals surface area contributed by atoms with Crippen molar-refractivity contribution in [2.75, 3.05) is 31.2 Å². The molecule has 118 valence electrons. The maximum atomic E-state index is 11.6. The summed E-state index contributed by atoms with van der Waals surface area (Å²) in [6, 6.07) is 7.57. The molecule has 0 aliphatic carbocycles. The van der Waals surface area contributed by atoms with Gasteiger partial charge in [0.25, 0.3) is 0 Å². The summed E-state index contributed by atoms with van der Waals surface area (Å²) in [5, 5.41) is 3.50. The van der Waals surface area contributed by atoms with Crippen LogP contribution in [0, 0.1) is 0 Å². The first kappa shape index (κ1) is 16.3. The minimum absolute atomic E-state index is 0.383. The second-order valence-corrected chi connectivity index (χ2v) is 7.93. The summed E-state index contributed by atoms with van der Waals surface area (Å²) in [5.74, 6) is 0. The first-order valence-electron chi connectivity index (χ1n) is 7.78. The SMILES string of the molecule is CCCN1CCCC(Nc2cccc(S(C)(=O)=O)c2)CC1. The van der Waals surface area contributed by atoms with E-state index in [1.165, 1.54) is 32.2 Å².